The fraction of sp³-hybridized carbons (Fsp3) is 0.471. The SMILES string of the molecule is Cc1ccc(C(C)C)cn1.Cc1cnc(C(C)C)cn1.Cc1cncc(C(C)C)c1.Cc1cncc(C(C)C)n1. The zero-order valence-corrected chi connectivity index (χ0v) is 26.8. The van der Waals surface area contributed by atoms with E-state index in [4.69, 9.17) is 0 Å². The maximum atomic E-state index is 4.31. The van der Waals surface area contributed by atoms with E-state index in [0.29, 0.717) is 23.7 Å². The Morgan fingerprint density at radius 1 is 0.450 bits per heavy atom. The van der Waals surface area contributed by atoms with Gasteiger partial charge in [-0.1, -0.05) is 67.5 Å². The van der Waals surface area contributed by atoms with E-state index < -0.39 is 0 Å². The van der Waals surface area contributed by atoms with Crippen LogP contribution in [-0.4, -0.2) is 29.9 Å². The Kier molecular flexibility index (Phi) is 15.5. The maximum Gasteiger partial charge on any atom is 0.0615 e. The highest BCUT2D eigenvalue weighted by atomic mass is 14.8. The smallest absolute Gasteiger partial charge is 0.0615 e. The molecular formula is C34H50N6. The minimum atomic E-state index is 0.479. The summed E-state index contributed by atoms with van der Waals surface area (Å²) in [4.78, 5) is 25.0. The summed E-state index contributed by atoms with van der Waals surface area (Å²) in [7, 11) is 0. The minimum Gasteiger partial charge on any atom is -0.264 e. The number of hydrogen-bond donors (Lipinski definition) is 0. The topological polar surface area (TPSA) is 77.3 Å². The third-order valence-corrected chi connectivity index (χ3v) is 5.92. The van der Waals surface area contributed by atoms with E-state index in [9.17, 15) is 0 Å². The van der Waals surface area contributed by atoms with Crippen molar-refractivity contribution in [3.63, 3.8) is 0 Å². The van der Waals surface area contributed by atoms with Gasteiger partial charge in [-0.25, -0.2) is 0 Å². The molecule has 0 N–H and O–H groups in total. The van der Waals surface area contributed by atoms with Gasteiger partial charge in [0.2, 0.25) is 0 Å². The third-order valence-electron chi connectivity index (χ3n) is 5.92. The third kappa shape index (κ3) is 14.0. The largest absolute Gasteiger partial charge is 0.264 e. The van der Waals surface area contributed by atoms with Crippen molar-refractivity contribution in [1.82, 2.24) is 29.9 Å². The standard InChI is InChI=1S/2C9H13N.2C8H12N2/c1-7(2)9-4-8(3)5-10-6-9;1-7(2)9-5-4-8(3)10-6-9;1-6(2)8-5-9-7(3)4-10-8;1-6(2)8-5-9-4-7(3)10-8/h2*4-7H,1-3H3;2*4-6H,1-3H3. The molecule has 4 heterocycles. The Morgan fingerprint density at radius 3 is 1.45 bits per heavy atom. The summed E-state index contributed by atoms with van der Waals surface area (Å²) in [5, 5.41) is 0. The van der Waals surface area contributed by atoms with Crippen molar-refractivity contribution in [2.45, 2.75) is 107 Å². The minimum absolute atomic E-state index is 0.479. The number of pyridine rings is 2. The first-order valence-electron chi connectivity index (χ1n) is 14.2. The molecule has 0 aliphatic carbocycles. The lowest BCUT2D eigenvalue weighted by atomic mass is 10.0. The number of aryl methyl sites for hydroxylation is 4. The molecule has 0 fully saturated rings. The van der Waals surface area contributed by atoms with Gasteiger partial charge < -0.3 is 0 Å². The van der Waals surface area contributed by atoms with Crippen molar-refractivity contribution >= 4 is 0 Å². The molecule has 0 radical (unpaired) electrons. The summed E-state index contributed by atoms with van der Waals surface area (Å²) in [5.74, 6) is 2.14. The van der Waals surface area contributed by atoms with Crippen molar-refractivity contribution in [3.8, 4) is 0 Å². The lowest BCUT2D eigenvalue weighted by Crippen LogP contribution is -1.94. The van der Waals surface area contributed by atoms with E-state index in [1.807, 2.05) is 51.8 Å². The number of hydrogen-bond acceptors (Lipinski definition) is 6. The van der Waals surface area contributed by atoms with Crippen LogP contribution in [0.4, 0.5) is 0 Å². The average molecular weight is 543 g/mol. The monoisotopic (exact) mass is 542 g/mol. The molecule has 0 bridgehead atoms. The Balaban J connectivity index is 0.000000267. The summed E-state index contributed by atoms with van der Waals surface area (Å²) < 4.78 is 0. The van der Waals surface area contributed by atoms with Crippen molar-refractivity contribution in [3.05, 3.63) is 107 Å². The van der Waals surface area contributed by atoms with Crippen molar-refractivity contribution in [1.29, 1.82) is 0 Å². The predicted octanol–water partition coefficient (Wildman–Crippen LogP) is 8.84. The van der Waals surface area contributed by atoms with Gasteiger partial charge in [0, 0.05) is 49.1 Å². The summed E-state index contributed by atoms with van der Waals surface area (Å²) in [6, 6.07) is 6.36. The zero-order chi connectivity index (χ0) is 30.2. The van der Waals surface area contributed by atoms with Gasteiger partial charge in [0.15, 0.2) is 0 Å². The van der Waals surface area contributed by atoms with Gasteiger partial charge in [0.1, 0.15) is 0 Å². The summed E-state index contributed by atoms with van der Waals surface area (Å²) in [6.45, 7) is 25.1. The molecule has 0 spiro atoms. The molecule has 40 heavy (non-hydrogen) atoms. The first-order valence-corrected chi connectivity index (χ1v) is 14.2. The molecule has 0 atom stereocenters. The molecule has 6 heteroatoms. The molecule has 0 aliphatic heterocycles. The predicted molar refractivity (Wildman–Crippen MR) is 168 cm³/mol. The molecule has 0 unspecified atom stereocenters. The van der Waals surface area contributed by atoms with Gasteiger partial charge in [-0.05, 0) is 74.1 Å². The number of rotatable bonds is 4. The molecule has 216 valence electrons. The van der Waals surface area contributed by atoms with E-state index in [0.717, 1.165) is 28.5 Å². The second kappa shape index (κ2) is 17.9. The zero-order valence-electron chi connectivity index (χ0n) is 26.8. The molecule has 0 saturated carbocycles. The van der Waals surface area contributed by atoms with Gasteiger partial charge in [-0.3, -0.25) is 29.9 Å². The van der Waals surface area contributed by atoms with E-state index in [-0.39, 0.29) is 0 Å². The Morgan fingerprint density at radius 2 is 1.05 bits per heavy atom. The van der Waals surface area contributed by atoms with Crippen LogP contribution in [0, 0.1) is 27.7 Å². The molecule has 0 saturated heterocycles. The van der Waals surface area contributed by atoms with E-state index >= 15 is 0 Å². The highest BCUT2D eigenvalue weighted by Crippen LogP contribution is 2.13. The lowest BCUT2D eigenvalue weighted by Gasteiger charge is -2.03. The molecule has 4 aromatic heterocycles. The Labute approximate surface area is 243 Å². The summed E-state index contributed by atoms with van der Waals surface area (Å²) >= 11 is 0. The van der Waals surface area contributed by atoms with Crippen molar-refractivity contribution < 1.29 is 0 Å². The highest BCUT2D eigenvalue weighted by molar-refractivity contribution is 5.19. The molecule has 0 amide bonds. The molecule has 4 rings (SSSR count). The van der Waals surface area contributed by atoms with Gasteiger partial charge >= 0.3 is 0 Å². The molecule has 0 aromatic carbocycles. The lowest BCUT2D eigenvalue weighted by molar-refractivity contribution is 0.803. The first-order chi connectivity index (χ1) is 18.8. The van der Waals surface area contributed by atoms with Crippen LogP contribution >= 0.6 is 0 Å². The van der Waals surface area contributed by atoms with Crippen LogP contribution in [0.15, 0.2) is 61.6 Å². The summed E-state index contributed by atoms with van der Waals surface area (Å²) in [5.41, 5.74) is 9.06. The fourth-order valence-electron chi connectivity index (χ4n) is 3.18. The van der Waals surface area contributed by atoms with Crippen LogP contribution in [0.2, 0.25) is 0 Å². The first kappa shape index (κ1) is 34.5. The van der Waals surface area contributed by atoms with Crippen LogP contribution < -0.4 is 0 Å². The van der Waals surface area contributed by atoms with Crippen LogP contribution in [0.1, 0.15) is 124 Å². The fourth-order valence-corrected chi connectivity index (χ4v) is 3.18. The Hall–Kier alpha value is -3.54. The van der Waals surface area contributed by atoms with Gasteiger partial charge in [-0.2, -0.15) is 0 Å². The normalized spacial score (nSPS) is 10.4. The maximum absolute atomic E-state index is 4.31. The van der Waals surface area contributed by atoms with Crippen LogP contribution in [0.25, 0.3) is 0 Å². The van der Waals surface area contributed by atoms with Gasteiger partial charge in [0.25, 0.3) is 0 Å². The number of nitrogens with zero attached hydrogens (tertiary/aromatic N) is 6. The van der Waals surface area contributed by atoms with Crippen LogP contribution in [0.3, 0.4) is 0 Å². The molecular weight excluding hydrogens is 492 g/mol. The highest BCUT2D eigenvalue weighted by Gasteiger charge is 2.00. The average Bonchev–Trinajstić information content (AvgIpc) is 2.90. The van der Waals surface area contributed by atoms with E-state index in [1.54, 1.807) is 12.4 Å². The summed E-state index contributed by atoms with van der Waals surface area (Å²) in [6.07, 6.45) is 13.0. The van der Waals surface area contributed by atoms with Crippen molar-refractivity contribution in [2.75, 3.05) is 0 Å². The number of aromatic nitrogens is 6. The molecule has 4 aromatic rings. The van der Waals surface area contributed by atoms with E-state index in [2.05, 4.69) is 110 Å². The second-order valence-corrected chi connectivity index (χ2v) is 11.3. The van der Waals surface area contributed by atoms with Crippen LogP contribution in [0.5, 0.6) is 0 Å². The van der Waals surface area contributed by atoms with Crippen molar-refractivity contribution in [2.24, 2.45) is 0 Å². The second-order valence-electron chi connectivity index (χ2n) is 11.3. The van der Waals surface area contributed by atoms with E-state index in [1.165, 1.54) is 16.7 Å². The van der Waals surface area contributed by atoms with Gasteiger partial charge in [0.05, 0.1) is 22.8 Å². The molecule has 0 aliphatic rings. The van der Waals surface area contributed by atoms with Crippen LogP contribution in [-0.2, 0) is 0 Å². The molecule has 6 nitrogen and oxygen atoms in total. The Bertz CT molecular complexity index is 1130. The van der Waals surface area contributed by atoms with Gasteiger partial charge in [-0.15, -0.1) is 0 Å². The quantitative estimate of drug-likeness (QED) is 0.256.